The van der Waals surface area contributed by atoms with E-state index in [1.165, 1.54) is 0 Å². The Kier molecular flexibility index (Phi) is 4.48. The number of rotatable bonds is 5. The number of carbonyl (C=O) groups excluding carboxylic acids is 1. The molecule has 0 radical (unpaired) electrons. The molecule has 1 aliphatic rings. The van der Waals surface area contributed by atoms with Crippen LogP contribution in [0.4, 0.5) is 0 Å². The van der Waals surface area contributed by atoms with Crippen LogP contribution in [0.5, 0.6) is 5.75 Å². The summed E-state index contributed by atoms with van der Waals surface area (Å²) < 4.78 is 11.0. The van der Waals surface area contributed by atoms with E-state index in [1.807, 2.05) is 0 Å². The third-order valence-electron chi connectivity index (χ3n) is 2.53. The van der Waals surface area contributed by atoms with Gasteiger partial charge in [0.1, 0.15) is 5.75 Å². The first kappa shape index (κ1) is 12.9. The number of hydrogen-bond donors (Lipinski definition) is 0. The van der Waals surface area contributed by atoms with Crippen molar-refractivity contribution in [3.05, 3.63) is 28.2 Å². The van der Waals surface area contributed by atoms with Crippen LogP contribution in [0.3, 0.4) is 0 Å². The Bertz CT molecular complexity index is 418. The molecule has 1 aliphatic heterocycles. The number of ketones is 1. The molecule has 1 aromatic carbocycles. The van der Waals surface area contributed by atoms with Gasteiger partial charge in [0.25, 0.3) is 0 Å². The fourth-order valence-corrected chi connectivity index (χ4v) is 2.91. The lowest BCUT2D eigenvalue weighted by Gasteiger charge is -2.24. The Morgan fingerprint density at radius 1 is 1.59 bits per heavy atom. The molecule has 1 saturated heterocycles. The van der Waals surface area contributed by atoms with Gasteiger partial charge in [-0.2, -0.15) is 0 Å². The molecule has 1 fully saturated rings. The van der Waals surface area contributed by atoms with Crippen molar-refractivity contribution < 1.29 is 14.3 Å². The van der Waals surface area contributed by atoms with E-state index in [0.717, 1.165) is 23.4 Å². The van der Waals surface area contributed by atoms with E-state index in [1.54, 1.807) is 37.1 Å². The highest BCUT2D eigenvalue weighted by molar-refractivity contribution is 9.10. The normalized spacial score (nSPS) is 15.4. The molecule has 0 bridgehead atoms. The van der Waals surface area contributed by atoms with Gasteiger partial charge in [-0.25, -0.2) is 0 Å². The Hall–Kier alpha value is -0.520. The topological polar surface area (TPSA) is 35.5 Å². The zero-order chi connectivity index (χ0) is 12.3. The van der Waals surface area contributed by atoms with Crippen LogP contribution in [-0.4, -0.2) is 37.1 Å². The van der Waals surface area contributed by atoms with Gasteiger partial charge >= 0.3 is 0 Å². The molecular formula is C12H13BrO3S. The fourth-order valence-electron chi connectivity index (χ4n) is 1.43. The predicted octanol–water partition coefficient (Wildman–Crippen LogP) is 2.77. The lowest BCUT2D eigenvalue weighted by atomic mass is 10.1. The lowest BCUT2D eigenvalue weighted by Crippen LogP contribution is -2.31. The summed E-state index contributed by atoms with van der Waals surface area (Å²) in [6, 6.07) is 5.40. The van der Waals surface area contributed by atoms with Crippen molar-refractivity contribution in [3.8, 4) is 5.75 Å². The quantitative estimate of drug-likeness (QED) is 0.783. The van der Waals surface area contributed by atoms with Gasteiger partial charge in [-0.3, -0.25) is 4.79 Å². The molecule has 0 N–H and O–H groups in total. The number of ether oxygens (including phenoxy) is 2. The number of carbonyl (C=O) groups is 1. The van der Waals surface area contributed by atoms with Gasteiger partial charge in [0.2, 0.25) is 0 Å². The minimum absolute atomic E-state index is 0.144. The number of hydrogen-bond acceptors (Lipinski definition) is 4. The molecule has 0 spiro atoms. The number of Topliss-reactive ketones (excluding diaryl/α,β-unsaturated/α-hetero) is 1. The van der Waals surface area contributed by atoms with Crippen molar-refractivity contribution in [2.75, 3.05) is 26.1 Å². The molecule has 0 atom stereocenters. The van der Waals surface area contributed by atoms with E-state index in [2.05, 4.69) is 15.9 Å². The van der Waals surface area contributed by atoms with E-state index in [-0.39, 0.29) is 5.78 Å². The minimum Gasteiger partial charge on any atom is -0.496 e. The smallest absolute Gasteiger partial charge is 0.172 e. The van der Waals surface area contributed by atoms with Gasteiger partial charge in [0.05, 0.1) is 35.8 Å². The van der Waals surface area contributed by atoms with Gasteiger partial charge in [-0.1, -0.05) is 0 Å². The average molecular weight is 317 g/mol. The van der Waals surface area contributed by atoms with Crippen LogP contribution in [0.2, 0.25) is 0 Å². The van der Waals surface area contributed by atoms with E-state index in [0.29, 0.717) is 16.6 Å². The molecule has 0 saturated carbocycles. The first-order valence-corrected chi connectivity index (χ1v) is 7.11. The molecule has 0 amide bonds. The molecule has 92 valence electrons. The molecule has 0 unspecified atom stereocenters. The Morgan fingerprint density at radius 3 is 2.88 bits per heavy atom. The van der Waals surface area contributed by atoms with E-state index >= 15 is 0 Å². The summed E-state index contributed by atoms with van der Waals surface area (Å²) in [5.74, 6) is 1.39. The molecule has 3 nitrogen and oxygen atoms in total. The van der Waals surface area contributed by atoms with Crippen molar-refractivity contribution in [1.29, 1.82) is 0 Å². The third kappa shape index (κ3) is 3.24. The summed E-state index contributed by atoms with van der Waals surface area (Å²) in [4.78, 5) is 11.9. The van der Waals surface area contributed by atoms with Crippen molar-refractivity contribution in [2.24, 2.45) is 0 Å². The Morgan fingerprint density at radius 2 is 2.35 bits per heavy atom. The van der Waals surface area contributed by atoms with Crippen LogP contribution in [0.15, 0.2) is 22.7 Å². The van der Waals surface area contributed by atoms with Crippen molar-refractivity contribution >= 4 is 33.5 Å². The van der Waals surface area contributed by atoms with Crippen molar-refractivity contribution in [3.63, 3.8) is 0 Å². The summed E-state index contributed by atoms with van der Waals surface area (Å²) in [5.41, 5.74) is 0.713. The summed E-state index contributed by atoms with van der Waals surface area (Å²) >= 11 is 5.04. The second-order valence-corrected chi connectivity index (χ2v) is 5.89. The molecule has 2 rings (SSSR count). The van der Waals surface area contributed by atoms with Crippen LogP contribution in [0, 0.1) is 0 Å². The van der Waals surface area contributed by atoms with Gasteiger partial charge < -0.3 is 9.47 Å². The number of benzene rings is 1. The number of halogens is 1. The second kappa shape index (κ2) is 5.89. The zero-order valence-electron chi connectivity index (χ0n) is 9.44. The molecule has 0 aromatic heterocycles. The maximum absolute atomic E-state index is 11.9. The van der Waals surface area contributed by atoms with Crippen LogP contribution < -0.4 is 4.74 Å². The molecular weight excluding hydrogens is 304 g/mol. The van der Waals surface area contributed by atoms with Crippen LogP contribution in [-0.2, 0) is 4.74 Å². The fraction of sp³-hybridized carbons (Fsp3) is 0.417. The standard InChI is InChI=1S/C12H13BrO3S/c1-15-12-3-2-8(4-10(12)13)11(14)7-17-9-5-16-6-9/h2-4,9H,5-7H2,1H3. The monoisotopic (exact) mass is 316 g/mol. The number of methoxy groups -OCH3 is 1. The first-order valence-electron chi connectivity index (χ1n) is 5.27. The second-order valence-electron chi connectivity index (χ2n) is 3.74. The zero-order valence-corrected chi connectivity index (χ0v) is 11.8. The SMILES string of the molecule is COc1ccc(C(=O)CSC2COC2)cc1Br. The molecule has 17 heavy (non-hydrogen) atoms. The summed E-state index contributed by atoms with van der Waals surface area (Å²) in [5, 5.41) is 0.487. The average Bonchev–Trinajstić information content (AvgIpc) is 2.26. The largest absolute Gasteiger partial charge is 0.496 e. The molecule has 1 aromatic rings. The molecule has 0 aliphatic carbocycles. The highest BCUT2D eigenvalue weighted by atomic mass is 79.9. The van der Waals surface area contributed by atoms with Crippen LogP contribution >= 0.6 is 27.7 Å². The first-order chi connectivity index (χ1) is 8.20. The summed E-state index contributed by atoms with van der Waals surface area (Å²) in [6.45, 7) is 1.54. The highest BCUT2D eigenvalue weighted by Crippen LogP contribution is 2.27. The third-order valence-corrected chi connectivity index (χ3v) is 4.32. The van der Waals surface area contributed by atoms with Crippen LogP contribution in [0.25, 0.3) is 0 Å². The predicted molar refractivity (Wildman–Crippen MR) is 72.1 cm³/mol. The summed E-state index contributed by atoms with van der Waals surface area (Å²) in [6.07, 6.45) is 0. The number of thioether (sulfide) groups is 1. The van der Waals surface area contributed by atoms with Crippen molar-refractivity contribution in [1.82, 2.24) is 0 Å². The molecule has 5 heteroatoms. The van der Waals surface area contributed by atoms with E-state index in [9.17, 15) is 4.79 Å². The van der Waals surface area contributed by atoms with Gasteiger partial charge in [0.15, 0.2) is 5.78 Å². The highest BCUT2D eigenvalue weighted by Gasteiger charge is 2.20. The van der Waals surface area contributed by atoms with Crippen LogP contribution in [0.1, 0.15) is 10.4 Å². The lowest BCUT2D eigenvalue weighted by molar-refractivity contribution is 0.0455. The molecule has 1 heterocycles. The summed E-state index contributed by atoms with van der Waals surface area (Å²) in [7, 11) is 1.61. The Labute approximate surface area is 113 Å². The van der Waals surface area contributed by atoms with E-state index < -0.39 is 0 Å². The maximum atomic E-state index is 11.9. The van der Waals surface area contributed by atoms with E-state index in [4.69, 9.17) is 9.47 Å². The van der Waals surface area contributed by atoms with Gasteiger partial charge in [0, 0.05) is 5.56 Å². The van der Waals surface area contributed by atoms with Gasteiger partial charge in [-0.05, 0) is 34.1 Å². The minimum atomic E-state index is 0.144. The van der Waals surface area contributed by atoms with Gasteiger partial charge in [-0.15, -0.1) is 11.8 Å². The van der Waals surface area contributed by atoms with Crippen molar-refractivity contribution in [2.45, 2.75) is 5.25 Å². The Balaban J connectivity index is 1.95. The maximum Gasteiger partial charge on any atom is 0.172 e.